The number of aliphatic imine (C=N–C) groups is 1. The molecule has 1 saturated carbocycles. The van der Waals surface area contributed by atoms with Gasteiger partial charge >= 0.3 is 0 Å². The Balaban J connectivity index is 0.000000468. The SMILES string of the molecule is C=CNc1c(C(=O)NC)c(F)cc(-c2ccc3c(c2)N=CC(CC)C3)c1[C@H](C)CC.CC1CCCCC1. The van der Waals surface area contributed by atoms with Crippen LogP contribution in [0.25, 0.3) is 11.1 Å². The van der Waals surface area contributed by atoms with E-state index in [0.29, 0.717) is 11.6 Å². The fourth-order valence-electron chi connectivity index (χ4n) is 5.32. The molecule has 1 fully saturated rings. The first-order valence-corrected chi connectivity index (χ1v) is 14.0. The number of carbonyl (C=O) groups excluding carboxylic acids is 1. The lowest BCUT2D eigenvalue weighted by molar-refractivity contribution is 0.0960. The Hall–Kier alpha value is -2.95. The fraction of sp³-hybridized carbons (Fsp3) is 0.500. The Morgan fingerprint density at radius 3 is 2.51 bits per heavy atom. The van der Waals surface area contributed by atoms with Gasteiger partial charge in [-0.25, -0.2) is 4.39 Å². The van der Waals surface area contributed by atoms with Gasteiger partial charge in [0, 0.05) is 13.3 Å². The van der Waals surface area contributed by atoms with Crippen LogP contribution in [-0.4, -0.2) is 19.2 Å². The Morgan fingerprint density at radius 1 is 1.22 bits per heavy atom. The summed E-state index contributed by atoms with van der Waals surface area (Å²) in [6.07, 6.45) is 13.8. The average molecular weight is 506 g/mol. The van der Waals surface area contributed by atoms with Crippen molar-refractivity contribution in [3.63, 3.8) is 0 Å². The van der Waals surface area contributed by atoms with E-state index in [9.17, 15) is 4.79 Å². The van der Waals surface area contributed by atoms with Gasteiger partial charge in [-0.3, -0.25) is 9.79 Å². The smallest absolute Gasteiger partial charge is 0.256 e. The van der Waals surface area contributed by atoms with E-state index in [1.54, 1.807) is 0 Å². The number of benzene rings is 2. The molecule has 2 N–H and O–H groups in total. The lowest BCUT2D eigenvalue weighted by Crippen LogP contribution is -2.22. The van der Waals surface area contributed by atoms with Crippen LogP contribution in [0.2, 0.25) is 0 Å². The second-order valence-corrected chi connectivity index (χ2v) is 10.5. The average Bonchev–Trinajstić information content (AvgIpc) is 2.92. The number of rotatable bonds is 7. The number of fused-ring (bicyclic) bond motifs is 1. The predicted octanol–water partition coefficient (Wildman–Crippen LogP) is 8.79. The van der Waals surface area contributed by atoms with Crippen molar-refractivity contribution >= 4 is 23.5 Å². The van der Waals surface area contributed by atoms with Crippen LogP contribution >= 0.6 is 0 Å². The van der Waals surface area contributed by atoms with Crippen LogP contribution in [0.3, 0.4) is 0 Å². The largest absolute Gasteiger partial charge is 0.361 e. The molecule has 0 bridgehead atoms. The van der Waals surface area contributed by atoms with E-state index >= 15 is 4.39 Å². The second-order valence-electron chi connectivity index (χ2n) is 10.5. The van der Waals surface area contributed by atoms with E-state index < -0.39 is 11.7 Å². The molecule has 0 spiro atoms. The van der Waals surface area contributed by atoms with Gasteiger partial charge in [0.15, 0.2) is 0 Å². The predicted molar refractivity (Wildman–Crippen MR) is 156 cm³/mol. The van der Waals surface area contributed by atoms with Crippen molar-refractivity contribution in [3.8, 4) is 11.1 Å². The highest BCUT2D eigenvalue weighted by Crippen LogP contribution is 2.42. The summed E-state index contributed by atoms with van der Waals surface area (Å²) in [5.74, 6) is 0.581. The first-order valence-electron chi connectivity index (χ1n) is 14.0. The number of amides is 1. The van der Waals surface area contributed by atoms with E-state index in [4.69, 9.17) is 0 Å². The summed E-state index contributed by atoms with van der Waals surface area (Å²) in [5.41, 5.74) is 5.20. The molecule has 2 atom stereocenters. The maximum atomic E-state index is 15.2. The van der Waals surface area contributed by atoms with E-state index in [-0.39, 0.29) is 11.5 Å². The molecule has 5 heteroatoms. The maximum Gasteiger partial charge on any atom is 0.256 e. The van der Waals surface area contributed by atoms with Crippen molar-refractivity contribution in [2.24, 2.45) is 16.8 Å². The van der Waals surface area contributed by atoms with Crippen molar-refractivity contribution < 1.29 is 9.18 Å². The molecule has 0 aromatic heterocycles. The Kier molecular flexibility index (Phi) is 10.5. The van der Waals surface area contributed by atoms with Gasteiger partial charge in [-0.2, -0.15) is 0 Å². The van der Waals surface area contributed by atoms with Gasteiger partial charge in [-0.1, -0.05) is 78.5 Å². The molecule has 1 aliphatic carbocycles. The molecule has 2 aromatic carbocycles. The molecule has 0 radical (unpaired) electrons. The number of nitrogens with one attached hydrogen (secondary N) is 2. The van der Waals surface area contributed by atoms with Crippen molar-refractivity contribution in [3.05, 3.63) is 59.6 Å². The second kappa shape index (κ2) is 13.6. The zero-order valence-corrected chi connectivity index (χ0v) is 23.3. The van der Waals surface area contributed by atoms with E-state index in [0.717, 1.165) is 47.6 Å². The number of hydrogen-bond acceptors (Lipinski definition) is 3. The van der Waals surface area contributed by atoms with Crippen molar-refractivity contribution in [1.82, 2.24) is 5.32 Å². The van der Waals surface area contributed by atoms with Gasteiger partial charge in [0.05, 0.1) is 16.9 Å². The van der Waals surface area contributed by atoms with Crippen LogP contribution in [0.4, 0.5) is 15.8 Å². The topological polar surface area (TPSA) is 53.5 Å². The maximum absolute atomic E-state index is 15.2. The number of nitrogens with zero attached hydrogens (tertiary/aromatic N) is 1. The van der Waals surface area contributed by atoms with Gasteiger partial charge in [-0.05, 0) is 77.6 Å². The minimum absolute atomic E-state index is 0.0122. The first-order chi connectivity index (χ1) is 17.8. The summed E-state index contributed by atoms with van der Waals surface area (Å²) >= 11 is 0. The fourth-order valence-corrected chi connectivity index (χ4v) is 5.32. The highest BCUT2D eigenvalue weighted by atomic mass is 19.1. The van der Waals surface area contributed by atoms with E-state index in [1.165, 1.54) is 57.0 Å². The summed E-state index contributed by atoms with van der Waals surface area (Å²) in [7, 11) is 1.50. The third-order valence-electron chi connectivity index (χ3n) is 7.85. The number of hydrogen-bond donors (Lipinski definition) is 2. The molecular weight excluding hydrogens is 461 g/mol. The lowest BCUT2D eigenvalue weighted by atomic mass is 9.85. The van der Waals surface area contributed by atoms with Crippen LogP contribution in [0.5, 0.6) is 0 Å². The molecular formula is C32H44FN3O. The highest BCUT2D eigenvalue weighted by Gasteiger charge is 2.26. The van der Waals surface area contributed by atoms with Crippen molar-refractivity contribution in [2.45, 2.75) is 85.0 Å². The van der Waals surface area contributed by atoms with Crippen molar-refractivity contribution in [1.29, 1.82) is 0 Å². The Bertz CT molecular complexity index is 1120. The van der Waals surface area contributed by atoms with E-state index in [2.05, 4.69) is 56.0 Å². The first kappa shape index (κ1) is 28.6. The zero-order chi connectivity index (χ0) is 26.9. The summed E-state index contributed by atoms with van der Waals surface area (Å²) in [6, 6.07) is 7.62. The van der Waals surface area contributed by atoms with Crippen LogP contribution in [0.1, 0.15) is 100 Å². The van der Waals surface area contributed by atoms with Crippen molar-refractivity contribution in [2.75, 3.05) is 12.4 Å². The molecule has 2 aromatic rings. The summed E-state index contributed by atoms with van der Waals surface area (Å²) in [4.78, 5) is 17.1. The zero-order valence-electron chi connectivity index (χ0n) is 23.3. The quantitative estimate of drug-likeness (QED) is 0.395. The van der Waals surface area contributed by atoms with Gasteiger partial charge in [-0.15, -0.1) is 0 Å². The number of anilines is 1. The molecule has 1 aliphatic heterocycles. The number of halogens is 1. The van der Waals surface area contributed by atoms with Crippen LogP contribution in [0, 0.1) is 17.7 Å². The molecule has 0 saturated heterocycles. The lowest BCUT2D eigenvalue weighted by Gasteiger charge is -2.24. The van der Waals surface area contributed by atoms with Gasteiger partial charge in [0.1, 0.15) is 5.82 Å². The van der Waals surface area contributed by atoms with Gasteiger partial charge in [0.2, 0.25) is 0 Å². The van der Waals surface area contributed by atoms with E-state index in [1.807, 2.05) is 18.3 Å². The summed E-state index contributed by atoms with van der Waals surface area (Å²) in [6.45, 7) is 12.4. The summed E-state index contributed by atoms with van der Waals surface area (Å²) < 4.78 is 15.2. The molecule has 1 heterocycles. The Labute approximate surface area is 222 Å². The van der Waals surface area contributed by atoms with Crippen LogP contribution < -0.4 is 10.6 Å². The molecule has 1 unspecified atom stereocenters. The molecule has 1 amide bonds. The monoisotopic (exact) mass is 505 g/mol. The van der Waals surface area contributed by atoms with Crippen LogP contribution in [0.15, 0.2) is 42.0 Å². The Morgan fingerprint density at radius 2 is 1.95 bits per heavy atom. The van der Waals surface area contributed by atoms with Gasteiger partial charge in [0.25, 0.3) is 5.91 Å². The third kappa shape index (κ3) is 6.88. The highest BCUT2D eigenvalue weighted by molar-refractivity contribution is 6.02. The normalized spacial score (nSPS) is 17.7. The molecule has 4 rings (SSSR count). The standard InChI is InChI=1S/C25H30FN3O.C7H14/c1-6-15(4)22-19(13-20(26)23(25(30)27-5)24(22)28-8-3)17-9-10-18-11-16(7-2)14-29-21(18)12-17;1-7-5-3-2-4-6-7/h8-10,12-16,28H,3,6-7,11H2,1-2,4-5H3,(H,27,30);7H,2-6H2,1H3/t15-,16?;/m1./s1. The van der Waals surface area contributed by atoms with Gasteiger partial charge < -0.3 is 10.6 Å². The minimum atomic E-state index is -0.562. The van der Waals surface area contributed by atoms with Crippen LogP contribution in [-0.2, 0) is 6.42 Å². The number of carbonyl (C=O) groups is 1. The molecule has 200 valence electrons. The summed E-state index contributed by atoms with van der Waals surface area (Å²) in [5, 5.41) is 5.58. The minimum Gasteiger partial charge on any atom is -0.361 e. The molecule has 4 nitrogen and oxygen atoms in total. The molecule has 2 aliphatic rings. The molecule has 37 heavy (non-hydrogen) atoms. The third-order valence-corrected chi connectivity index (χ3v) is 7.85.